The predicted octanol–water partition coefficient (Wildman–Crippen LogP) is 3.38. The minimum atomic E-state index is -0.124. The zero-order valence-electron chi connectivity index (χ0n) is 10.1. The zero-order chi connectivity index (χ0) is 12.3. The van der Waals surface area contributed by atoms with E-state index in [1.807, 2.05) is 56.3 Å². The first-order chi connectivity index (χ1) is 8.18. The minimum absolute atomic E-state index is 0.115. The molecule has 1 atom stereocenters. The van der Waals surface area contributed by atoms with Crippen LogP contribution in [0.25, 0.3) is 0 Å². The Bertz CT molecular complexity index is 502. The van der Waals surface area contributed by atoms with Crippen molar-refractivity contribution < 1.29 is 4.79 Å². The van der Waals surface area contributed by atoms with Gasteiger partial charge in [0, 0.05) is 23.4 Å². The van der Waals surface area contributed by atoms with Crippen LogP contribution in [0, 0.1) is 6.92 Å². The van der Waals surface area contributed by atoms with E-state index in [2.05, 4.69) is 4.98 Å². The van der Waals surface area contributed by atoms with Crippen LogP contribution in [0.2, 0.25) is 0 Å². The fourth-order valence-corrected chi connectivity index (χ4v) is 1.76. The molecule has 0 saturated heterocycles. The van der Waals surface area contributed by atoms with E-state index >= 15 is 0 Å². The van der Waals surface area contributed by atoms with Crippen molar-refractivity contribution in [2.75, 3.05) is 0 Å². The van der Waals surface area contributed by atoms with Crippen LogP contribution in [0.15, 0.2) is 48.7 Å². The normalized spacial score (nSPS) is 12.1. The first-order valence-corrected chi connectivity index (χ1v) is 5.70. The van der Waals surface area contributed by atoms with Crippen molar-refractivity contribution >= 4 is 5.78 Å². The van der Waals surface area contributed by atoms with Crippen molar-refractivity contribution in [1.82, 2.24) is 4.98 Å². The number of aryl methyl sites for hydroxylation is 1. The van der Waals surface area contributed by atoms with E-state index in [1.54, 1.807) is 6.20 Å². The van der Waals surface area contributed by atoms with Gasteiger partial charge in [-0.15, -0.1) is 0 Å². The van der Waals surface area contributed by atoms with Gasteiger partial charge in [0.15, 0.2) is 5.78 Å². The number of aromatic nitrogens is 1. The summed E-state index contributed by atoms with van der Waals surface area (Å²) in [7, 11) is 0. The summed E-state index contributed by atoms with van der Waals surface area (Å²) in [5, 5.41) is 0. The molecule has 1 aromatic carbocycles. The van der Waals surface area contributed by atoms with Gasteiger partial charge in [-0.25, -0.2) is 0 Å². The maximum Gasteiger partial charge on any atom is 0.171 e. The lowest BCUT2D eigenvalue weighted by Crippen LogP contribution is -2.09. The summed E-state index contributed by atoms with van der Waals surface area (Å²) in [4.78, 5) is 16.4. The molecule has 0 saturated carbocycles. The molecule has 2 aromatic rings. The summed E-state index contributed by atoms with van der Waals surface area (Å²) in [6.45, 7) is 3.84. The number of hydrogen-bond donors (Lipinski definition) is 0. The van der Waals surface area contributed by atoms with Gasteiger partial charge in [-0.3, -0.25) is 9.78 Å². The molecule has 17 heavy (non-hydrogen) atoms. The molecule has 0 aliphatic rings. The summed E-state index contributed by atoms with van der Waals surface area (Å²) < 4.78 is 0. The van der Waals surface area contributed by atoms with E-state index < -0.39 is 0 Å². The van der Waals surface area contributed by atoms with E-state index in [0.717, 1.165) is 11.3 Å². The summed E-state index contributed by atoms with van der Waals surface area (Å²) in [6, 6.07) is 13.5. The number of benzene rings is 1. The van der Waals surface area contributed by atoms with E-state index in [4.69, 9.17) is 0 Å². The molecule has 0 bridgehead atoms. The Morgan fingerprint density at radius 3 is 2.41 bits per heavy atom. The smallest absolute Gasteiger partial charge is 0.171 e. The van der Waals surface area contributed by atoms with Crippen molar-refractivity contribution in [3.05, 3.63) is 65.5 Å². The summed E-state index contributed by atoms with van der Waals surface area (Å²) in [5.41, 5.74) is 2.64. The Kier molecular flexibility index (Phi) is 3.33. The Morgan fingerprint density at radius 2 is 1.82 bits per heavy atom. The van der Waals surface area contributed by atoms with Crippen molar-refractivity contribution in [1.29, 1.82) is 0 Å². The van der Waals surface area contributed by atoms with Crippen LogP contribution in [-0.2, 0) is 0 Å². The Hall–Kier alpha value is -1.96. The molecule has 0 aliphatic heterocycles. The van der Waals surface area contributed by atoms with Gasteiger partial charge in [0.05, 0.1) is 0 Å². The average molecular weight is 225 g/mol. The van der Waals surface area contributed by atoms with Crippen LogP contribution in [0.3, 0.4) is 0 Å². The largest absolute Gasteiger partial charge is 0.293 e. The standard InChI is InChI=1S/C15H15NO/c1-11-8-9-14(10-16-11)15(17)12(2)13-6-4-3-5-7-13/h3-10,12H,1-2H3. The van der Waals surface area contributed by atoms with Gasteiger partial charge in [0.2, 0.25) is 0 Å². The molecule has 0 radical (unpaired) electrons. The van der Waals surface area contributed by atoms with E-state index in [9.17, 15) is 4.79 Å². The lowest BCUT2D eigenvalue weighted by Gasteiger charge is -2.10. The van der Waals surface area contributed by atoms with Gasteiger partial charge in [0.25, 0.3) is 0 Å². The lowest BCUT2D eigenvalue weighted by molar-refractivity contribution is 0.0966. The second kappa shape index (κ2) is 4.91. The molecule has 2 rings (SSSR count). The average Bonchev–Trinajstić information content (AvgIpc) is 2.39. The third kappa shape index (κ3) is 2.59. The van der Waals surface area contributed by atoms with Gasteiger partial charge in [0.1, 0.15) is 0 Å². The number of Topliss-reactive ketones (excluding diaryl/α,β-unsaturated/α-hetero) is 1. The first kappa shape index (κ1) is 11.5. The molecule has 0 fully saturated rings. The number of pyridine rings is 1. The number of hydrogen-bond acceptors (Lipinski definition) is 2. The zero-order valence-corrected chi connectivity index (χ0v) is 10.1. The number of rotatable bonds is 3. The Labute approximate surface area is 101 Å². The number of carbonyl (C=O) groups is 1. The van der Waals surface area contributed by atoms with E-state index in [0.29, 0.717) is 5.56 Å². The van der Waals surface area contributed by atoms with E-state index in [-0.39, 0.29) is 11.7 Å². The van der Waals surface area contributed by atoms with Gasteiger partial charge >= 0.3 is 0 Å². The quantitative estimate of drug-likeness (QED) is 0.749. The van der Waals surface area contributed by atoms with Gasteiger partial charge < -0.3 is 0 Å². The molecule has 1 unspecified atom stereocenters. The SMILES string of the molecule is Cc1ccc(C(=O)C(C)c2ccccc2)cn1. The van der Waals surface area contributed by atoms with Crippen LogP contribution in [-0.4, -0.2) is 10.8 Å². The van der Waals surface area contributed by atoms with Crippen LogP contribution >= 0.6 is 0 Å². The maximum absolute atomic E-state index is 12.2. The van der Waals surface area contributed by atoms with Crippen molar-refractivity contribution in [2.45, 2.75) is 19.8 Å². The molecular weight excluding hydrogens is 210 g/mol. The summed E-state index contributed by atoms with van der Waals surface area (Å²) in [5.74, 6) is -0.00981. The highest BCUT2D eigenvalue weighted by Gasteiger charge is 2.16. The van der Waals surface area contributed by atoms with E-state index in [1.165, 1.54) is 0 Å². The Morgan fingerprint density at radius 1 is 1.12 bits per heavy atom. The summed E-state index contributed by atoms with van der Waals surface area (Å²) >= 11 is 0. The van der Waals surface area contributed by atoms with Crippen LogP contribution in [0.1, 0.15) is 34.5 Å². The maximum atomic E-state index is 12.2. The van der Waals surface area contributed by atoms with Crippen molar-refractivity contribution in [2.24, 2.45) is 0 Å². The molecule has 86 valence electrons. The number of carbonyl (C=O) groups excluding carboxylic acids is 1. The molecule has 0 amide bonds. The molecule has 0 N–H and O–H groups in total. The second-order valence-electron chi connectivity index (χ2n) is 4.18. The summed E-state index contributed by atoms with van der Waals surface area (Å²) in [6.07, 6.45) is 1.65. The highest BCUT2D eigenvalue weighted by molar-refractivity contribution is 6.00. The fourth-order valence-electron chi connectivity index (χ4n) is 1.76. The highest BCUT2D eigenvalue weighted by Crippen LogP contribution is 2.19. The molecule has 2 heteroatoms. The number of nitrogens with zero attached hydrogens (tertiary/aromatic N) is 1. The van der Waals surface area contributed by atoms with Crippen LogP contribution in [0.4, 0.5) is 0 Å². The van der Waals surface area contributed by atoms with Crippen molar-refractivity contribution in [3.63, 3.8) is 0 Å². The van der Waals surface area contributed by atoms with Gasteiger partial charge in [-0.2, -0.15) is 0 Å². The molecule has 1 aromatic heterocycles. The molecule has 1 heterocycles. The van der Waals surface area contributed by atoms with Crippen LogP contribution in [0.5, 0.6) is 0 Å². The fraction of sp³-hybridized carbons (Fsp3) is 0.200. The Balaban J connectivity index is 2.23. The predicted molar refractivity (Wildman–Crippen MR) is 68.2 cm³/mol. The van der Waals surface area contributed by atoms with Gasteiger partial charge in [-0.1, -0.05) is 37.3 Å². The highest BCUT2D eigenvalue weighted by atomic mass is 16.1. The monoisotopic (exact) mass is 225 g/mol. The lowest BCUT2D eigenvalue weighted by atomic mass is 9.93. The minimum Gasteiger partial charge on any atom is -0.293 e. The molecule has 0 spiro atoms. The molecular formula is C15H15NO. The van der Waals surface area contributed by atoms with Crippen LogP contribution < -0.4 is 0 Å². The van der Waals surface area contributed by atoms with Crippen molar-refractivity contribution in [3.8, 4) is 0 Å². The second-order valence-corrected chi connectivity index (χ2v) is 4.18. The molecule has 0 aliphatic carbocycles. The number of ketones is 1. The van der Waals surface area contributed by atoms with Gasteiger partial charge in [-0.05, 0) is 24.6 Å². The third-order valence-electron chi connectivity index (χ3n) is 2.89. The third-order valence-corrected chi connectivity index (χ3v) is 2.89. The first-order valence-electron chi connectivity index (χ1n) is 5.70. The topological polar surface area (TPSA) is 30.0 Å². The molecule has 2 nitrogen and oxygen atoms in total.